The van der Waals surface area contributed by atoms with Gasteiger partial charge in [0, 0.05) is 39.9 Å². The van der Waals surface area contributed by atoms with Gasteiger partial charge in [0.25, 0.3) is 5.56 Å². The number of hydrogen-bond donors (Lipinski definition) is 0. The van der Waals surface area contributed by atoms with E-state index >= 15 is 0 Å². The minimum atomic E-state index is -3.94. The summed E-state index contributed by atoms with van der Waals surface area (Å²) in [5, 5.41) is 0. The summed E-state index contributed by atoms with van der Waals surface area (Å²) in [5.74, 6) is 0. The molecule has 0 amide bonds. The van der Waals surface area contributed by atoms with Gasteiger partial charge in [0.05, 0.1) is 0 Å². The first-order valence-corrected chi connectivity index (χ1v) is 8.53. The van der Waals surface area contributed by atoms with Gasteiger partial charge in [-0.05, 0) is 26.4 Å². The van der Waals surface area contributed by atoms with Crippen molar-refractivity contribution in [2.24, 2.45) is 14.1 Å². The lowest BCUT2D eigenvalue weighted by Gasteiger charge is -2.35. The van der Waals surface area contributed by atoms with Crippen molar-refractivity contribution < 1.29 is 8.42 Å². The average molecular weight is 330 g/mol. The summed E-state index contributed by atoms with van der Waals surface area (Å²) in [6, 6.07) is -0.175. The van der Waals surface area contributed by atoms with Gasteiger partial charge in [-0.3, -0.25) is 9.36 Å². The van der Waals surface area contributed by atoms with Gasteiger partial charge in [0.15, 0.2) is 4.90 Å². The fraction of sp³-hybridized carbons (Fsp3) is 0.692. The highest BCUT2D eigenvalue weighted by atomic mass is 32.2. The van der Waals surface area contributed by atoms with Crippen LogP contribution in [-0.2, 0) is 24.1 Å². The third kappa shape index (κ3) is 2.88. The number of likely N-dealkylation sites (N-methyl/N-ethyl adjacent to an activating group) is 2. The van der Waals surface area contributed by atoms with Crippen LogP contribution in [0.2, 0.25) is 0 Å². The lowest BCUT2D eigenvalue weighted by molar-refractivity contribution is 0.187. The van der Waals surface area contributed by atoms with Crippen LogP contribution >= 0.6 is 0 Å². The van der Waals surface area contributed by atoms with Crippen molar-refractivity contribution in [3.63, 3.8) is 0 Å². The minimum Gasteiger partial charge on any atom is -0.305 e. The van der Waals surface area contributed by atoms with Gasteiger partial charge in [-0.1, -0.05) is 0 Å². The molecule has 0 N–H and O–H groups in total. The molecule has 0 radical (unpaired) electrons. The van der Waals surface area contributed by atoms with Gasteiger partial charge in [-0.2, -0.15) is 4.31 Å². The maximum atomic E-state index is 12.8. The highest BCUT2D eigenvalue weighted by molar-refractivity contribution is 7.89. The molecule has 124 valence electrons. The van der Waals surface area contributed by atoms with Crippen molar-refractivity contribution in [1.29, 1.82) is 0 Å². The molecule has 2 rings (SSSR count). The van der Waals surface area contributed by atoms with Crippen LogP contribution in [0.4, 0.5) is 0 Å². The molecule has 0 aromatic carbocycles. The number of aromatic nitrogens is 2. The van der Waals surface area contributed by atoms with Crippen LogP contribution in [0, 0.1) is 0 Å². The molecular formula is C13H22N4O4S. The van der Waals surface area contributed by atoms with E-state index in [1.807, 2.05) is 7.05 Å². The number of sulfonamides is 1. The average Bonchev–Trinajstić information content (AvgIpc) is 2.47. The van der Waals surface area contributed by atoms with Crippen LogP contribution in [0.1, 0.15) is 12.8 Å². The van der Waals surface area contributed by atoms with Crippen molar-refractivity contribution in [3.05, 3.63) is 27.0 Å². The second kappa shape index (κ2) is 5.98. The first-order chi connectivity index (χ1) is 10.2. The summed E-state index contributed by atoms with van der Waals surface area (Å²) in [5.41, 5.74) is -1.34. The summed E-state index contributed by atoms with van der Waals surface area (Å²) >= 11 is 0. The lowest BCUT2D eigenvalue weighted by atomic mass is 10.1. The number of aryl methyl sites for hydroxylation is 1. The SMILES string of the molecule is CN1CCC[C@H](N(C)S(=O)(=O)c2cn(C)c(=O)n(C)c2=O)C1. The van der Waals surface area contributed by atoms with Crippen molar-refractivity contribution in [1.82, 2.24) is 18.3 Å². The zero-order valence-corrected chi connectivity index (χ0v) is 14.1. The topological polar surface area (TPSA) is 84.6 Å². The van der Waals surface area contributed by atoms with E-state index in [9.17, 15) is 18.0 Å². The van der Waals surface area contributed by atoms with Gasteiger partial charge in [0.1, 0.15) is 0 Å². The van der Waals surface area contributed by atoms with E-state index in [1.54, 1.807) is 0 Å². The molecule has 1 fully saturated rings. The Hall–Kier alpha value is -1.45. The Morgan fingerprint density at radius 3 is 2.45 bits per heavy atom. The number of rotatable bonds is 3. The molecule has 1 aliphatic rings. The van der Waals surface area contributed by atoms with Crippen LogP contribution in [-0.4, -0.2) is 60.0 Å². The molecule has 0 aliphatic carbocycles. The molecule has 22 heavy (non-hydrogen) atoms. The van der Waals surface area contributed by atoms with E-state index in [-0.39, 0.29) is 10.9 Å². The zero-order chi connectivity index (χ0) is 16.7. The van der Waals surface area contributed by atoms with E-state index in [4.69, 9.17) is 0 Å². The summed E-state index contributed by atoms with van der Waals surface area (Å²) in [7, 11) is 2.19. The number of hydrogen-bond acceptors (Lipinski definition) is 5. The zero-order valence-electron chi connectivity index (χ0n) is 13.3. The Labute approximate surface area is 129 Å². The van der Waals surface area contributed by atoms with Gasteiger partial charge >= 0.3 is 5.69 Å². The largest absolute Gasteiger partial charge is 0.330 e. The third-order valence-corrected chi connectivity index (χ3v) is 6.08. The van der Waals surface area contributed by atoms with Gasteiger partial charge < -0.3 is 9.47 Å². The Kier molecular flexibility index (Phi) is 4.59. The van der Waals surface area contributed by atoms with Crippen LogP contribution in [0.25, 0.3) is 0 Å². The molecular weight excluding hydrogens is 308 g/mol. The summed E-state index contributed by atoms with van der Waals surface area (Å²) in [4.78, 5) is 25.6. The molecule has 0 bridgehead atoms. The number of nitrogens with zero attached hydrogens (tertiary/aromatic N) is 4. The van der Waals surface area contributed by atoms with Crippen molar-refractivity contribution >= 4 is 10.0 Å². The molecule has 9 heteroatoms. The third-order valence-electron chi connectivity index (χ3n) is 4.19. The van der Waals surface area contributed by atoms with E-state index in [1.165, 1.54) is 25.4 Å². The first-order valence-electron chi connectivity index (χ1n) is 7.09. The molecule has 8 nitrogen and oxygen atoms in total. The standard InChI is InChI=1S/C13H22N4O4S/c1-14-7-5-6-10(8-14)17(4)22(20,21)11-9-15(2)13(19)16(3)12(11)18/h9-10H,5-8H2,1-4H3/t10-/m0/s1. The molecule has 1 atom stereocenters. The Morgan fingerprint density at radius 1 is 1.23 bits per heavy atom. The summed E-state index contributed by atoms with van der Waals surface area (Å²) in [6.07, 6.45) is 2.77. The number of likely N-dealkylation sites (tertiary alicyclic amines) is 1. The molecule has 1 aromatic heterocycles. The smallest absolute Gasteiger partial charge is 0.305 e. The van der Waals surface area contributed by atoms with E-state index in [0.717, 1.165) is 34.7 Å². The van der Waals surface area contributed by atoms with Crippen LogP contribution < -0.4 is 11.2 Å². The summed E-state index contributed by atoms with van der Waals surface area (Å²) in [6.45, 7) is 1.56. The fourth-order valence-corrected chi connectivity index (χ4v) is 4.26. The Balaban J connectivity index is 2.47. The van der Waals surface area contributed by atoms with E-state index in [0.29, 0.717) is 6.54 Å². The van der Waals surface area contributed by atoms with Gasteiger partial charge in [0.2, 0.25) is 10.0 Å². The maximum Gasteiger partial charge on any atom is 0.330 e. The molecule has 1 aliphatic heterocycles. The van der Waals surface area contributed by atoms with Crippen molar-refractivity contribution in [3.8, 4) is 0 Å². The highest BCUT2D eigenvalue weighted by Gasteiger charge is 2.33. The second-order valence-electron chi connectivity index (χ2n) is 5.83. The van der Waals surface area contributed by atoms with Crippen LogP contribution in [0.15, 0.2) is 20.7 Å². The Morgan fingerprint density at radius 2 is 1.86 bits per heavy atom. The second-order valence-corrected chi connectivity index (χ2v) is 7.80. The lowest BCUT2D eigenvalue weighted by Crippen LogP contribution is -2.49. The normalized spacial score (nSPS) is 20.5. The van der Waals surface area contributed by atoms with Gasteiger partial charge in [-0.25, -0.2) is 13.2 Å². The highest BCUT2D eigenvalue weighted by Crippen LogP contribution is 2.19. The first kappa shape index (κ1) is 16.9. The molecule has 0 spiro atoms. The maximum absolute atomic E-state index is 12.8. The van der Waals surface area contributed by atoms with E-state index in [2.05, 4.69) is 4.90 Å². The molecule has 1 aromatic rings. The predicted molar refractivity (Wildman–Crippen MR) is 82.4 cm³/mol. The van der Waals surface area contributed by atoms with Crippen molar-refractivity contribution in [2.75, 3.05) is 27.2 Å². The summed E-state index contributed by atoms with van der Waals surface area (Å²) < 4.78 is 28.7. The van der Waals surface area contributed by atoms with Crippen LogP contribution in [0.3, 0.4) is 0 Å². The van der Waals surface area contributed by atoms with Crippen molar-refractivity contribution in [2.45, 2.75) is 23.8 Å². The molecule has 0 unspecified atom stereocenters. The number of piperidine rings is 1. The quantitative estimate of drug-likeness (QED) is 0.695. The fourth-order valence-electron chi connectivity index (χ4n) is 2.74. The molecule has 1 saturated heterocycles. The molecule has 2 heterocycles. The van der Waals surface area contributed by atoms with E-state index < -0.39 is 21.3 Å². The minimum absolute atomic E-state index is 0.175. The predicted octanol–water partition coefficient (Wildman–Crippen LogP) is -1.20. The molecule has 0 saturated carbocycles. The Bertz CT molecular complexity index is 780. The monoisotopic (exact) mass is 330 g/mol. The van der Waals surface area contributed by atoms with Crippen LogP contribution in [0.5, 0.6) is 0 Å². The van der Waals surface area contributed by atoms with Gasteiger partial charge in [-0.15, -0.1) is 0 Å².